The van der Waals surface area contributed by atoms with Gasteiger partial charge in [-0.2, -0.15) is 0 Å². The smallest absolute Gasteiger partial charge is 0.147 e. The van der Waals surface area contributed by atoms with Crippen LogP contribution >= 0.6 is 23.2 Å². The summed E-state index contributed by atoms with van der Waals surface area (Å²) in [6.45, 7) is 2.26. The minimum absolute atomic E-state index is 0.333. The third-order valence-corrected chi connectivity index (χ3v) is 6.15. The van der Waals surface area contributed by atoms with E-state index in [0.717, 1.165) is 18.4 Å². The van der Waals surface area contributed by atoms with Crippen LogP contribution in [-0.2, 0) is 6.42 Å². The van der Waals surface area contributed by atoms with Gasteiger partial charge < -0.3 is 0 Å². The van der Waals surface area contributed by atoms with Gasteiger partial charge in [0.05, 0.1) is 5.02 Å². The largest absolute Gasteiger partial charge is 0.242 e. The molecule has 142 valence electrons. The van der Waals surface area contributed by atoms with Crippen molar-refractivity contribution < 1.29 is 0 Å². The number of benzene rings is 1. The van der Waals surface area contributed by atoms with Gasteiger partial charge in [0.25, 0.3) is 0 Å². The fourth-order valence-electron chi connectivity index (χ4n) is 3.78. The predicted molar refractivity (Wildman–Crippen MR) is 116 cm³/mol. The van der Waals surface area contributed by atoms with Crippen molar-refractivity contribution in [2.24, 2.45) is 5.92 Å². The molecule has 3 rings (SSSR count). The zero-order valence-corrected chi connectivity index (χ0v) is 17.5. The quantitative estimate of drug-likeness (QED) is 0.289. The molecule has 0 unspecified atom stereocenters. The number of pyridine rings is 1. The summed E-state index contributed by atoms with van der Waals surface area (Å²) in [6, 6.07) is 11.1. The number of aryl methyl sites for hydroxylation is 1. The molecule has 3 heteroatoms. The van der Waals surface area contributed by atoms with E-state index in [1.807, 2.05) is 0 Å². The van der Waals surface area contributed by atoms with E-state index in [4.69, 9.17) is 23.2 Å². The highest BCUT2D eigenvalue weighted by Crippen LogP contribution is 2.35. The maximum absolute atomic E-state index is 6.01. The van der Waals surface area contributed by atoms with Gasteiger partial charge in [0, 0.05) is 17.7 Å². The average Bonchev–Trinajstić information content (AvgIpc) is 2.70. The van der Waals surface area contributed by atoms with Crippen molar-refractivity contribution in [3.63, 3.8) is 0 Å². The van der Waals surface area contributed by atoms with E-state index in [0.29, 0.717) is 22.0 Å². The highest BCUT2D eigenvalue weighted by Gasteiger charge is 2.21. The number of aromatic nitrogens is 1. The van der Waals surface area contributed by atoms with Crippen LogP contribution in [0, 0.1) is 17.8 Å². The Labute approximate surface area is 173 Å². The van der Waals surface area contributed by atoms with Crippen LogP contribution in [0.4, 0.5) is 0 Å². The van der Waals surface area contributed by atoms with Crippen molar-refractivity contribution in [3.05, 3.63) is 63.4 Å². The normalized spacial score (nSPS) is 19.4. The van der Waals surface area contributed by atoms with Crippen LogP contribution in [0.2, 0.25) is 10.2 Å². The zero-order chi connectivity index (χ0) is 19.1. The van der Waals surface area contributed by atoms with Crippen LogP contribution < -0.4 is 0 Å². The molecule has 0 amide bonds. The maximum Gasteiger partial charge on any atom is 0.147 e. The van der Waals surface area contributed by atoms with Gasteiger partial charge in [-0.1, -0.05) is 79.1 Å². The molecule has 1 aliphatic rings. The summed E-state index contributed by atoms with van der Waals surface area (Å²) < 4.78 is 0. The van der Waals surface area contributed by atoms with E-state index >= 15 is 0 Å². The number of halogens is 2. The summed E-state index contributed by atoms with van der Waals surface area (Å²) in [5, 5.41) is 0.796. The molecule has 0 radical (unpaired) electrons. The first kappa shape index (κ1) is 20.2. The van der Waals surface area contributed by atoms with Gasteiger partial charge in [0.1, 0.15) is 5.15 Å². The molecule has 1 heterocycles. The molecule has 0 spiro atoms. The van der Waals surface area contributed by atoms with Crippen LogP contribution in [0.3, 0.4) is 0 Å². The molecule has 27 heavy (non-hydrogen) atoms. The lowest BCUT2D eigenvalue weighted by Gasteiger charge is -2.26. The number of nitrogens with zero attached hydrogens (tertiary/aromatic N) is 1. The van der Waals surface area contributed by atoms with E-state index in [-0.39, 0.29) is 0 Å². The molecular weight excluding hydrogens is 373 g/mol. The molecular formula is C24H27Cl2N. The second-order valence-corrected chi connectivity index (χ2v) is 8.28. The van der Waals surface area contributed by atoms with Crippen molar-refractivity contribution in [2.45, 2.75) is 64.2 Å². The van der Waals surface area contributed by atoms with Gasteiger partial charge in [0.2, 0.25) is 0 Å². The van der Waals surface area contributed by atoms with Gasteiger partial charge in [-0.25, -0.2) is 4.98 Å². The topological polar surface area (TPSA) is 12.9 Å². The van der Waals surface area contributed by atoms with E-state index in [9.17, 15) is 0 Å². The van der Waals surface area contributed by atoms with E-state index in [2.05, 4.69) is 48.0 Å². The summed E-state index contributed by atoms with van der Waals surface area (Å²) in [7, 11) is 0. The standard InChI is InChI=1S/C24H27Cl2N/c1-2-3-4-5-18-8-12-21(13-9-18)22-14-10-19(11-15-22)6-7-20-16-23(25)24(26)27-17-20/h8-9,12-13,16-17,19,22H,2-5,10-11,14-15H2,1H3. The van der Waals surface area contributed by atoms with Gasteiger partial charge in [-0.3, -0.25) is 0 Å². The van der Waals surface area contributed by atoms with Crippen molar-refractivity contribution in [1.82, 2.24) is 4.98 Å². The highest BCUT2D eigenvalue weighted by molar-refractivity contribution is 6.41. The lowest BCUT2D eigenvalue weighted by molar-refractivity contribution is 0.384. The number of hydrogen-bond acceptors (Lipinski definition) is 1. The summed E-state index contributed by atoms with van der Waals surface area (Å²) >= 11 is 11.9. The van der Waals surface area contributed by atoms with Crippen LogP contribution in [-0.4, -0.2) is 4.98 Å². The Balaban J connectivity index is 1.51. The SMILES string of the molecule is CCCCCc1ccc(C2CCC(C#Cc3cnc(Cl)c(Cl)c3)CC2)cc1. The van der Waals surface area contributed by atoms with E-state index in [1.165, 1.54) is 49.7 Å². The third-order valence-electron chi connectivity index (χ3n) is 5.46. The van der Waals surface area contributed by atoms with Crippen molar-refractivity contribution >= 4 is 23.2 Å². The van der Waals surface area contributed by atoms with Gasteiger partial charge in [-0.15, -0.1) is 0 Å². The molecule has 1 aromatic heterocycles. The van der Waals surface area contributed by atoms with Crippen molar-refractivity contribution in [1.29, 1.82) is 0 Å². The molecule has 0 aliphatic heterocycles. The van der Waals surface area contributed by atoms with Crippen LogP contribution in [0.1, 0.15) is 74.5 Å². The Morgan fingerprint density at radius 1 is 1.04 bits per heavy atom. The first-order chi connectivity index (χ1) is 13.2. The molecule has 1 nitrogen and oxygen atoms in total. The third kappa shape index (κ3) is 6.00. The molecule has 0 N–H and O–H groups in total. The zero-order valence-electron chi connectivity index (χ0n) is 16.0. The van der Waals surface area contributed by atoms with Gasteiger partial charge in [0.15, 0.2) is 0 Å². The summed E-state index contributed by atoms with van der Waals surface area (Å²) in [5.41, 5.74) is 3.81. The summed E-state index contributed by atoms with van der Waals surface area (Å²) in [5.74, 6) is 7.76. The number of hydrogen-bond donors (Lipinski definition) is 0. The lowest BCUT2D eigenvalue weighted by Crippen LogP contribution is -2.12. The lowest BCUT2D eigenvalue weighted by atomic mass is 9.78. The average molecular weight is 400 g/mol. The summed E-state index contributed by atoms with van der Waals surface area (Å²) in [4.78, 5) is 4.06. The Kier molecular flexibility index (Phi) is 7.62. The molecule has 1 aliphatic carbocycles. The Morgan fingerprint density at radius 2 is 1.78 bits per heavy atom. The van der Waals surface area contributed by atoms with Crippen LogP contribution in [0.25, 0.3) is 0 Å². The fraction of sp³-hybridized carbons (Fsp3) is 0.458. The maximum atomic E-state index is 6.01. The molecule has 0 atom stereocenters. The molecule has 0 saturated heterocycles. The first-order valence-electron chi connectivity index (χ1n) is 10.1. The number of unbranched alkanes of at least 4 members (excludes halogenated alkanes) is 2. The summed E-state index contributed by atoms with van der Waals surface area (Å²) in [6.07, 6.45) is 11.6. The minimum atomic E-state index is 0.333. The molecule has 1 saturated carbocycles. The van der Waals surface area contributed by atoms with Gasteiger partial charge in [-0.05, 0) is 61.6 Å². The second-order valence-electron chi connectivity index (χ2n) is 7.51. The highest BCUT2D eigenvalue weighted by atomic mass is 35.5. The van der Waals surface area contributed by atoms with Crippen molar-refractivity contribution in [2.75, 3.05) is 0 Å². The Hall–Kier alpha value is -1.49. The molecule has 1 aromatic carbocycles. The molecule has 1 fully saturated rings. The van der Waals surface area contributed by atoms with Crippen LogP contribution in [0.15, 0.2) is 36.5 Å². The Bertz CT molecular complexity index is 793. The van der Waals surface area contributed by atoms with E-state index in [1.54, 1.807) is 12.3 Å². The van der Waals surface area contributed by atoms with E-state index < -0.39 is 0 Å². The minimum Gasteiger partial charge on any atom is -0.242 e. The predicted octanol–water partition coefficient (Wildman–Crippen LogP) is 7.45. The monoisotopic (exact) mass is 399 g/mol. The van der Waals surface area contributed by atoms with Crippen molar-refractivity contribution in [3.8, 4) is 11.8 Å². The van der Waals surface area contributed by atoms with Gasteiger partial charge >= 0.3 is 0 Å². The number of rotatable bonds is 5. The second kappa shape index (κ2) is 10.2. The Morgan fingerprint density at radius 3 is 2.44 bits per heavy atom. The fourth-order valence-corrected chi connectivity index (χ4v) is 4.05. The first-order valence-corrected chi connectivity index (χ1v) is 10.8. The molecule has 0 bridgehead atoms. The van der Waals surface area contributed by atoms with Crippen LogP contribution in [0.5, 0.6) is 0 Å². The molecule has 2 aromatic rings.